The molecule has 1 fully saturated rings. The van der Waals surface area contributed by atoms with Gasteiger partial charge in [0.2, 0.25) is 0 Å². The molecule has 152 valence electrons. The molecule has 1 aliphatic rings. The van der Waals surface area contributed by atoms with Gasteiger partial charge in [0.05, 0.1) is 34.5 Å². The van der Waals surface area contributed by atoms with Gasteiger partial charge in [0, 0.05) is 37.0 Å². The van der Waals surface area contributed by atoms with E-state index in [4.69, 9.17) is 5.73 Å². The number of pyridine rings is 1. The van der Waals surface area contributed by atoms with Gasteiger partial charge in [0.25, 0.3) is 5.56 Å². The summed E-state index contributed by atoms with van der Waals surface area (Å²) in [5.41, 5.74) is 11.9. The fraction of sp³-hybridized carbons (Fsp3) is 0.273. The van der Waals surface area contributed by atoms with Crippen molar-refractivity contribution in [1.82, 2.24) is 24.0 Å². The maximum absolute atomic E-state index is 12.9. The number of aryl methyl sites for hydroxylation is 2. The Kier molecular flexibility index (Phi) is 4.09. The van der Waals surface area contributed by atoms with Gasteiger partial charge in [-0.15, -0.1) is 0 Å². The van der Waals surface area contributed by atoms with Gasteiger partial charge >= 0.3 is 0 Å². The molecule has 0 spiro atoms. The SMILES string of the molecule is C=C(N)[C@@H]1CCN(c2ccc3nc(-c4cc5c(C)nc(C)cn5n4)cc(=O)n3c2)C1. The molecular weight excluding hydrogens is 378 g/mol. The summed E-state index contributed by atoms with van der Waals surface area (Å²) in [5, 5.41) is 4.60. The molecule has 4 aromatic heterocycles. The van der Waals surface area contributed by atoms with E-state index >= 15 is 0 Å². The van der Waals surface area contributed by atoms with E-state index in [-0.39, 0.29) is 11.5 Å². The maximum Gasteiger partial charge on any atom is 0.258 e. The third-order valence-corrected chi connectivity index (χ3v) is 5.74. The molecule has 5 heterocycles. The second-order valence-corrected chi connectivity index (χ2v) is 7.93. The normalized spacial score (nSPS) is 16.6. The van der Waals surface area contributed by atoms with E-state index in [1.807, 2.05) is 44.4 Å². The van der Waals surface area contributed by atoms with Crippen LogP contribution >= 0.6 is 0 Å². The summed E-state index contributed by atoms with van der Waals surface area (Å²) in [7, 11) is 0. The number of aromatic nitrogens is 5. The first-order valence-electron chi connectivity index (χ1n) is 9.96. The highest BCUT2D eigenvalue weighted by Gasteiger charge is 2.24. The first-order chi connectivity index (χ1) is 14.4. The highest BCUT2D eigenvalue weighted by Crippen LogP contribution is 2.26. The zero-order chi connectivity index (χ0) is 21.0. The number of anilines is 1. The molecule has 8 nitrogen and oxygen atoms in total. The van der Waals surface area contributed by atoms with Crippen molar-refractivity contribution in [2.24, 2.45) is 11.7 Å². The molecule has 0 amide bonds. The van der Waals surface area contributed by atoms with Crippen LogP contribution < -0.4 is 16.2 Å². The quantitative estimate of drug-likeness (QED) is 0.566. The first-order valence-corrected chi connectivity index (χ1v) is 9.96. The number of rotatable bonds is 3. The molecule has 2 N–H and O–H groups in total. The summed E-state index contributed by atoms with van der Waals surface area (Å²) in [6.45, 7) is 9.45. The Balaban J connectivity index is 1.54. The second-order valence-electron chi connectivity index (χ2n) is 7.93. The molecule has 1 atom stereocenters. The number of hydrogen-bond acceptors (Lipinski definition) is 6. The lowest BCUT2D eigenvalue weighted by molar-refractivity contribution is 0.684. The van der Waals surface area contributed by atoms with E-state index in [0.29, 0.717) is 17.0 Å². The van der Waals surface area contributed by atoms with Gasteiger partial charge in [-0.3, -0.25) is 14.2 Å². The molecule has 5 rings (SSSR count). The van der Waals surface area contributed by atoms with Crippen molar-refractivity contribution in [1.29, 1.82) is 0 Å². The van der Waals surface area contributed by atoms with Crippen molar-refractivity contribution < 1.29 is 0 Å². The van der Waals surface area contributed by atoms with E-state index in [9.17, 15) is 4.79 Å². The summed E-state index contributed by atoms with van der Waals surface area (Å²) >= 11 is 0. The third-order valence-electron chi connectivity index (χ3n) is 5.74. The van der Waals surface area contributed by atoms with Crippen LogP contribution in [0.4, 0.5) is 5.69 Å². The van der Waals surface area contributed by atoms with Crippen LogP contribution in [-0.4, -0.2) is 37.1 Å². The second kappa shape index (κ2) is 6.69. The van der Waals surface area contributed by atoms with Crippen LogP contribution in [0.3, 0.4) is 0 Å². The topological polar surface area (TPSA) is 93.8 Å². The zero-order valence-corrected chi connectivity index (χ0v) is 17.0. The molecular formula is C22H23N7O. The molecule has 1 saturated heterocycles. The zero-order valence-electron chi connectivity index (χ0n) is 17.0. The number of fused-ring (bicyclic) bond motifs is 2. The largest absolute Gasteiger partial charge is 0.402 e. The summed E-state index contributed by atoms with van der Waals surface area (Å²) in [6, 6.07) is 7.31. The monoisotopic (exact) mass is 401 g/mol. The highest BCUT2D eigenvalue weighted by atomic mass is 16.1. The Morgan fingerprint density at radius 1 is 1.17 bits per heavy atom. The Morgan fingerprint density at radius 3 is 2.77 bits per heavy atom. The van der Waals surface area contributed by atoms with Crippen LogP contribution in [0.25, 0.3) is 22.6 Å². The van der Waals surface area contributed by atoms with Crippen LogP contribution in [0, 0.1) is 19.8 Å². The van der Waals surface area contributed by atoms with Gasteiger partial charge < -0.3 is 10.6 Å². The Hall–Kier alpha value is -3.68. The van der Waals surface area contributed by atoms with E-state index < -0.39 is 0 Å². The number of nitrogens with zero attached hydrogens (tertiary/aromatic N) is 6. The van der Waals surface area contributed by atoms with E-state index in [0.717, 1.165) is 47.8 Å². The van der Waals surface area contributed by atoms with Gasteiger partial charge in [0.15, 0.2) is 0 Å². The van der Waals surface area contributed by atoms with Crippen molar-refractivity contribution >= 4 is 16.9 Å². The Bertz CT molecular complexity index is 1370. The fourth-order valence-electron chi connectivity index (χ4n) is 4.12. The molecule has 0 radical (unpaired) electrons. The van der Waals surface area contributed by atoms with Gasteiger partial charge in [-0.25, -0.2) is 9.50 Å². The first kappa shape index (κ1) is 18.4. The van der Waals surface area contributed by atoms with Crippen molar-refractivity contribution in [2.45, 2.75) is 20.3 Å². The van der Waals surface area contributed by atoms with E-state index in [2.05, 4.69) is 26.5 Å². The molecule has 0 unspecified atom stereocenters. The lowest BCUT2D eigenvalue weighted by Crippen LogP contribution is -2.23. The third kappa shape index (κ3) is 3.01. The van der Waals surface area contributed by atoms with E-state index in [1.165, 1.54) is 6.07 Å². The average Bonchev–Trinajstić information content (AvgIpc) is 3.35. The van der Waals surface area contributed by atoms with Gasteiger partial charge in [-0.05, 0) is 38.5 Å². The molecule has 0 aliphatic carbocycles. The van der Waals surface area contributed by atoms with Crippen LogP contribution in [0.1, 0.15) is 17.8 Å². The fourth-order valence-corrected chi connectivity index (χ4v) is 4.12. The Labute approximate surface area is 173 Å². The summed E-state index contributed by atoms with van der Waals surface area (Å²) in [5.74, 6) is 0.287. The molecule has 30 heavy (non-hydrogen) atoms. The Morgan fingerprint density at radius 2 is 2.00 bits per heavy atom. The minimum Gasteiger partial charge on any atom is -0.402 e. The summed E-state index contributed by atoms with van der Waals surface area (Å²) < 4.78 is 3.37. The molecule has 1 aliphatic heterocycles. The summed E-state index contributed by atoms with van der Waals surface area (Å²) in [6.07, 6.45) is 4.68. The number of hydrogen-bond donors (Lipinski definition) is 1. The van der Waals surface area contributed by atoms with Crippen molar-refractivity contribution in [2.75, 3.05) is 18.0 Å². The minimum absolute atomic E-state index is 0.140. The highest BCUT2D eigenvalue weighted by molar-refractivity contribution is 5.66. The smallest absolute Gasteiger partial charge is 0.258 e. The van der Waals surface area contributed by atoms with Crippen LogP contribution in [0.5, 0.6) is 0 Å². The predicted molar refractivity (Wildman–Crippen MR) is 117 cm³/mol. The summed E-state index contributed by atoms with van der Waals surface area (Å²) in [4.78, 5) is 24.3. The van der Waals surface area contributed by atoms with Crippen molar-refractivity contribution in [3.63, 3.8) is 0 Å². The van der Waals surface area contributed by atoms with Crippen LogP contribution in [0.15, 0.2) is 53.7 Å². The molecule has 0 saturated carbocycles. The van der Waals surface area contributed by atoms with Crippen molar-refractivity contribution in [3.8, 4) is 11.4 Å². The van der Waals surface area contributed by atoms with Crippen LogP contribution in [-0.2, 0) is 0 Å². The van der Waals surface area contributed by atoms with Gasteiger partial charge in [-0.1, -0.05) is 6.58 Å². The maximum atomic E-state index is 12.9. The molecule has 8 heteroatoms. The van der Waals surface area contributed by atoms with Gasteiger partial charge in [-0.2, -0.15) is 5.10 Å². The van der Waals surface area contributed by atoms with Crippen molar-refractivity contribution in [3.05, 3.63) is 70.7 Å². The minimum atomic E-state index is -0.140. The van der Waals surface area contributed by atoms with Crippen LogP contribution in [0.2, 0.25) is 0 Å². The average molecular weight is 401 g/mol. The van der Waals surface area contributed by atoms with Gasteiger partial charge in [0.1, 0.15) is 11.3 Å². The predicted octanol–water partition coefficient (Wildman–Crippen LogP) is 2.32. The molecule has 0 bridgehead atoms. The standard InChI is InChI=1S/C22H23N7O/c1-13-10-29-20(15(3)24-13)8-19(26-29)18-9-22(30)28-12-17(4-5-21(28)25-18)27-7-6-16(11-27)14(2)23/h4-5,8-10,12,16H,2,6-7,11,23H2,1,3H3/t16-/m1/s1. The molecule has 4 aromatic rings. The number of nitrogens with two attached hydrogens (primary N) is 1. The molecule has 0 aromatic carbocycles. The lowest BCUT2D eigenvalue weighted by atomic mass is 10.1. The lowest BCUT2D eigenvalue weighted by Gasteiger charge is -2.19. The van der Waals surface area contributed by atoms with E-state index in [1.54, 1.807) is 8.92 Å².